The van der Waals surface area contributed by atoms with Crippen LogP contribution in [0.4, 0.5) is 0 Å². The van der Waals surface area contributed by atoms with E-state index in [2.05, 4.69) is 27.7 Å². The maximum atomic E-state index is 10.2. The summed E-state index contributed by atoms with van der Waals surface area (Å²) < 4.78 is 0. The second-order valence-electron chi connectivity index (χ2n) is 9.84. The van der Waals surface area contributed by atoms with Gasteiger partial charge in [0.1, 0.15) is 0 Å². The van der Waals surface area contributed by atoms with E-state index in [4.69, 9.17) is 0 Å². The van der Waals surface area contributed by atoms with Crippen LogP contribution in [0.15, 0.2) is 6.07 Å². The average Bonchev–Trinajstić information content (AvgIpc) is 3.37. The van der Waals surface area contributed by atoms with Crippen LogP contribution < -0.4 is 0 Å². The van der Waals surface area contributed by atoms with Crippen molar-refractivity contribution in [2.75, 3.05) is 0 Å². The topological polar surface area (TPSA) is 60.7 Å². The maximum Gasteiger partial charge on any atom is 0.200 e. The van der Waals surface area contributed by atoms with Crippen molar-refractivity contribution in [1.29, 1.82) is 0 Å². The molecule has 0 heterocycles. The molecule has 0 aromatic heterocycles. The summed E-state index contributed by atoms with van der Waals surface area (Å²) in [6.07, 6.45) is 13.3. The van der Waals surface area contributed by atoms with Gasteiger partial charge >= 0.3 is 0 Å². The molecule has 1 aromatic rings. The summed E-state index contributed by atoms with van der Waals surface area (Å²) in [7, 11) is 0. The number of benzene rings is 1. The second kappa shape index (κ2) is 9.21. The van der Waals surface area contributed by atoms with E-state index in [0.29, 0.717) is 10.8 Å². The van der Waals surface area contributed by atoms with Crippen LogP contribution in [0.2, 0.25) is 0 Å². The minimum absolute atomic E-state index is 0.140. The number of hydrogen-bond acceptors (Lipinski definition) is 3. The van der Waals surface area contributed by atoms with Crippen molar-refractivity contribution in [2.45, 2.75) is 105 Å². The fourth-order valence-corrected chi connectivity index (χ4v) is 3.75. The van der Waals surface area contributed by atoms with E-state index in [1.807, 2.05) is 6.07 Å². The van der Waals surface area contributed by atoms with Gasteiger partial charge in [0.25, 0.3) is 0 Å². The molecule has 0 atom stereocenters. The van der Waals surface area contributed by atoms with Gasteiger partial charge in [-0.1, -0.05) is 53.4 Å². The normalized spacial score (nSPS) is 15.9. The number of hydrogen-bond donors (Lipinski definition) is 3. The summed E-state index contributed by atoms with van der Waals surface area (Å²) in [5.74, 6) is -0.627. The third kappa shape index (κ3) is 6.62. The van der Waals surface area contributed by atoms with E-state index in [9.17, 15) is 15.3 Å². The van der Waals surface area contributed by atoms with Gasteiger partial charge in [0.2, 0.25) is 5.75 Å². The maximum absolute atomic E-state index is 10.2. The van der Waals surface area contributed by atoms with Gasteiger partial charge < -0.3 is 15.3 Å². The summed E-state index contributed by atoms with van der Waals surface area (Å²) in [6, 6.07) is 1.90. The van der Waals surface area contributed by atoms with E-state index in [0.717, 1.165) is 49.7 Å². The molecule has 27 heavy (non-hydrogen) atoms. The Morgan fingerprint density at radius 1 is 0.852 bits per heavy atom. The Morgan fingerprint density at radius 2 is 1.41 bits per heavy atom. The van der Waals surface area contributed by atoms with Crippen LogP contribution in [0.25, 0.3) is 0 Å². The zero-order valence-corrected chi connectivity index (χ0v) is 17.9. The molecule has 0 saturated heterocycles. The molecule has 0 aliphatic heterocycles. The van der Waals surface area contributed by atoms with Gasteiger partial charge in [-0.3, -0.25) is 0 Å². The molecule has 1 aromatic carbocycles. The standard InChI is InChI=1S/C24H40O3/c1-5-23(2,3)13-9-6-7-11-18-17-19(21(26)22(27)20(18)25)12-8-10-14-24(4)15-16-24/h17,25-27H,5-16H2,1-4H3. The lowest BCUT2D eigenvalue weighted by Gasteiger charge is -2.22. The first-order valence-electron chi connectivity index (χ1n) is 10.9. The van der Waals surface area contributed by atoms with E-state index in [1.54, 1.807) is 0 Å². The molecule has 1 fully saturated rings. The third-order valence-corrected chi connectivity index (χ3v) is 6.74. The molecule has 0 bridgehead atoms. The molecule has 1 aliphatic carbocycles. The van der Waals surface area contributed by atoms with Gasteiger partial charge in [-0.25, -0.2) is 0 Å². The van der Waals surface area contributed by atoms with E-state index in [-0.39, 0.29) is 17.2 Å². The SMILES string of the molecule is CCC(C)(C)CCCCCc1cc(CCCCC2(C)CC2)c(O)c(O)c1O. The minimum Gasteiger partial charge on any atom is -0.504 e. The van der Waals surface area contributed by atoms with E-state index < -0.39 is 0 Å². The molecule has 154 valence electrons. The molecule has 3 N–H and O–H groups in total. The Labute approximate surface area is 165 Å². The van der Waals surface area contributed by atoms with E-state index in [1.165, 1.54) is 38.5 Å². The summed E-state index contributed by atoms with van der Waals surface area (Å²) in [6.45, 7) is 9.21. The van der Waals surface area contributed by atoms with Crippen LogP contribution in [0.5, 0.6) is 17.2 Å². The van der Waals surface area contributed by atoms with Gasteiger partial charge in [-0.2, -0.15) is 0 Å². The molecular formula is C24H40O3. The predicted molar refractivity (Wildman–Crippen MR) is 113 cm³/mol. The largest absolute Gasteiger partial charge is 0.504 e. The minimum atomic E-state index is -0.344. The number of phenolic OH excluding ortho intramolecular Hbond substituents is 3. The number of phenols is 3. The van der Waals surface area contributed by atoms with Crippen molar-refractivity contribution in [3.63, 3.8) is 0 Å². The molecule has 3 nitrogen and oxygen atoms in total. The Morgan fingerprint density at radius 3 is 1.93 bits per heavy atom. The van der Waals surface area contributed by atoms with Crippen molar-refractivity contribution >= 4 is 0 Å². The van der Waals surface area contributed by atoms with Crippen LogP contribution in [-0.2, 0) is 12.8 Å². The van der Waals surface area contributed by atoms with Crippen LogP contribution in [0.1, 0.15) is 103 Å². The van der Waals surface area contributed by atoms with Gasteiger partial charge in [0.05, 0.1) is 0 Å². The van der Waals surface area contributed by atoms with Crippen molar-refractivity contribution in [1.82, 2.24) is 0 Å². The zero-order valence-electron chi connectivity index (χ0n) is 17.9. The lowest BCUT2D eigenvalue weighted by atomic mass is 9.84. The molecule has 1 saturated carbocycles. The van der Waals surface area contributed by atoms with Crippen molar-refractivity contribution in [2.24, 2.45) is 10.8 Å². The molecule has 0 unspecified atom stereocenters. The van der Waals surface area contributed by atoms with Gasteiger partial charge in [-0.15, -0.1) is 0 Å². The number of aromatic hydroxyl groups is 3. The van der Waals surface area contributed by atoms with Crippen LogP contribution in [0, 0.1) is 10.8 Å². The molecule has 2 rings (SSSR count). The van der Waals surface area contributed by atoms with Crippen molar-refractivity contribution in [3.8, 4) is 17.2 Å². The lowest BCUT2D eigenvalue weighted by Crippen LogP contribution is -2.08. The monoisotopic (exact) mass is 376 g/mol. The highest BCUT2D eigenvalue weighted by Gasteiger charge is 2.35. The third-order valence-electron chi connectivity index (χ3n) is 6.74. The highest BCUT2D eigenvalue weighted by molar-refractivity contribution is 5.57. The van der Waals surface area contributed by atoms with Crippen molar-refractivity contribution in [3.05, 3.63) is 17.2 Å². The summed E-state index contributed by atoms with van der Waals surface area (Å²) >= 11 is 0. The van der Waals surface area contributed by atoms with E-state index >= 15 is 0 Å². The predicted octanol–water partition coefficient (Wildman–Crippen LogP) is 6.86. The Kier molecular flexibility index (Phi) is 7.47. The first-order chi connectivity index (χ1) is 12.7. The molecule has 0 amide bonds. The number of unbranched alkanes of at least 4 members (excludes halogenated alkanes) is 3. The molecule has 0 radical (unpaired) electrons. The number of rotatable bonds is 12. The highest BCUT2D eigenvalue weighted by Crippen LogP contribution is 2.49. The van der Waals surface area contributed by atoms with Crippen LogP contribution in [-0.4, -0.2) is 15.3 Å². The average molecular weight is 377 g/mol. The molecular weight excluding hydrogens is 336 g/mol. The molecule has 0 spiro atoms. The first kappa shape index (κ1) is 21.9. The lowest BCUT2D eigenvalue weighted by molar-refractivity contribution is 0.308. The second-order valence-corrected chi connectivity index (χ2v) is 9.84. The van der Waals surface area contributed by atoms with Gasteiger partial charge in [-0.05, 0) is 79.4 Å². The molecule has 3 heteroatoms. The Bertz CT molecular complexity index is 615. The zero-order chi connectivity index (χ0) is 20.1. The summed E-state index contributed by atoms with van der Waals surface area (Å²) in [5, 5.41) is 30.5. The number of aryl methyl sites for hydroxylation is 2. The molecule has 1 aliphatic rings. The fraction of sp³-hybridized carbons (Fsp3) is 0.750. The highest BCUT2D eigenvalue weighted by atomic mass is 16.3. The van der Waals surface area contributed by atoms with Gasteiger partial charge in [0, 0.05) is 0 Å². The fourth-order valence-electron chi connectivity index (χ4n) is 3.75. The summed E-state index contributed by atoms with van der Waals surface area (Å²) in [4.78, 5) is 0. The Hall–Kier alpha value is -1.38. The van der Waals surface area contributed by atoms with Crippen LogP contribution in [0.3, 0.4) is 0 Å². The van der Waals surface area contributed by atoms with Crippen LogP contribution >= 0.6 is 0 Å². The van der Waals surface area contributed by atoms with Gasteiger partial charge in [0.15, 0.2) is 11.5 Å². The van der Waals surface area contributed by atoms with Crippen molar-refractivity contribution < 1.29 is 15.3 Å². The Balaban J connectivity index is 1.84. The quantitative estimate of drug-likeness (QED) is 0.276. The summed E-state index contributed by atoms with van der Waals surface area (Å²) in [5.41, 5.74) is 2.51. The first-order valence-corrected chi connectivity index (χ1v) is 10.9. The smallest absolute Gasteiger partial charge is 0.200 e.